The molecular weight excluding hydrogens is 208 g/mol. The molecular formula is C2H2CsFO2. The van der Waals surface area contributed by atoms with Crippen molar-refractivity contribution in [1.29, 1.82) is 0 Å². The monoisotopic (exact) mass is 210 g/mol. The molecule has 0 aromatic heterocycles. The minimum absolute atomic E-state index is 0. The van der Waals surface area contributed by atoms with Crippen LogP contribution in [0.4, 0.5) is 4.39 Å². The van der Waals surface area contributed by atoms with Crippen LogP contribution in [0.2, 0.25) is 0 Å². The fraction of sp³-hybridized carbons (Fsp3) is 0.500. The second-order valence-electron chi connectivity index (χ2n) is 0.506. The molecule has 0 heterocycles. The molecule has 0 aliphatic heterocycles. The Kier molecular flexibility index (Phi) is 11.2. The number of carboxylic acids is 1. The van der Waals surface area contributed by atoms with Crippen molar-refractivity contribution in [2.45, 2.75) is 0 Å². The number of rotatable bonds is 1. The number of aliphatic carboxylic acids is 1. The number of hydrogen-bond donors (Lipinski definition) is 0. The molecule has 0 saturated heterocycles. The Bertz CT molecular complexity index is 46.8. The third kappa shape index (κ3) is 9.07. The zero-order valence-electron chi connectivity index (χ0n) is 3.40. The first-order valence-electron chi connectivity index (χ1n) is 1.03. The maximum absolute atomic E-state index is 10.5. The second kappa shape index (κ2) is 6.45. The predicted molar refractivity (Wildman–Crippen MR) is 11.0 cm³/mol. The van der Waals surface area contributed by atoms with Crippen LogP contribution in [-0.4, -0.2) is 12.6 Å². The van der Waals surface area contributed by atoms with E-state index in [1.54, 1.807) is 0 Å². The van der Waals surface area contributed by atoms with Crippen molar-refractivity contribution < 1.29 is 83.2 Å². The first-order valence-corrected chi connectivity index (χ1v) is 1.03. The minimum Gasteiger partial charge on any atom is -0.547 e. The van der Waals surface area contributed by atoms with Gasteiger partial charge in [0.15, 0.2) is 0 Å². The number of carbonyl (C=O) groups is 1. The van der Waals surface area contributed by atoms with Gasteiger partial charge in [-0.2, -0.15) is 0 Å². The van der Waals surface area contributed by atoms with E-state index >= 15 is 0 Å². The van der Waals surface area contributed by atoms with Crippen molar-refractivity contribution in [3.63, 3.8) is 0 Å². The van der Waals surface area contributed by atoms with E-state index in [9.17, 15) is 4.39 Å². The summed E-state index contributed by atoms with van der Waals surface area (Å²) in [7, 11) is 0. The van der Waals surface area contributed by atoms with Crippen LogP contribution < -0.4 is 74.0 Å². The molecule has 0 aliphatic carbocycles. The third-order valence-corrected chi connectivity index (χ3v) is 0.109. The van der Waals surface area contributed by atoms with Gasteiger partial charge in [0.2, 0.25) is 0 Å². The summed E-state index contributed by atoms with van der Waals surface area (Å²) < 4.78 is 10.5. The molecule has 0 atom stereocenters. The standard InChI is InChI=1S/C2H3FO2.Cs/c3-1-2(4)5;/h1H2,(H,4,5);/q;+1/p-1. The van der Waals surface area contributed by atoms with Gasteiger partial charge in [-0.25, -0.2) is 4.39 Å². The summed E-state index contributed by atoms with van der Waals surface area (Å²) in [5.74, 6) is -1.66. The number of halogens is 1. The molecule has 4 heteroatoms. The van der Waals surface area contributed by atoms with Gasteiger partial charge < -0.3 is 9.90 Å². The Morgan fingerprint density at radius 3 is 2.00 bits per heavy atom. The van der Waals surface area contributed by atoms with Gasteiger partial charge in [0.1, 0.15) is 6.67 Å². The number of hydrogen-bond acceptors (Lipinski definition) is 2. The third-order valence-electron chi connectivity index (χ3n) is 0.109. The average molecular weight is 210 g/mol. The first-order chi connectivity index (χ1) is 2.27. The molecule has 0 aromatic rings. The van der Waals surface area contributed by atoms with Gasteiger partial charge in [0, 0.05) is 0 Å². The van der Waals surface area contributed by atoms with Crippen molar-refractivity contribution in [1.82, 2.24) is 0 Å². The van der Waals surface area contributed by atoms with E-state index in [2.05, 4.69) is 0 Å². The zero-order chi connectivity index (χ0) is 4.28. The summed E-state index contributed by atoms with van der Waals surface area (Å²) in [6, 6.07) is 0. The molecule has 0 fully saturated rings. The fourth-order valence-electron chi connectivity index (χ4n) is 0. The largest absolute Gasteiger partial charge is 1.00 e. The van der Waals surface area contributed by atoms with Crippen LogP contribution in [-0.2, 0) is 4.79 Å². The van der Waals surface area contributed by atoms with E-state index in [-0.39, 0.29) is 68.9 Å². The molecule has 0 saturated carbocycles. The van der Waals surface area contributed by atoms with Gasteiger partial charge >= 0.3 is 68.9 Å². The minimum atomic E-state index is -1.66. The van der Waals surface area contributed by atoms with Crippen molar-refractivity contribution >= 4 is 5.97 Å². The molecule has 0 radical (unpaired) electrons. The molecule has 0 bridgehead atoms. The average Bonchev–Trinajstić information content (AvgIpc) is 1.38. The van der Waals surface area contributed by atoms with Crippen LogP contribution in [0.5, 0.6) is 0 Å². The van der Waals surface area contributed by atoms with Crippen LogP contribution in [0.25, 0.3) is 0 Å². The van der Waals surface area contributed by atoms with Crippen molar-refractivity contribution in [3.8, 4) is 0 Å². The van der Waals surface area contributed by atoms with E-state index in [0.717, 1.165) is 0 Å². The summed E-state index contributed by atoms with van der Waals surface area (Å²) >= 11 is 0. The summed E-state index contributed by atoms with van der Waals surface area (Å²) in [6.45, 7) is -1.39. The molecule has 0 unspecified atom stereocenters. The molecule has 2 nitrogen and oxygen atoms in total. The van der Waals surface area contributed by atoms with Gasteiger partial charge in [0.05, 0.1) is 5.97 Å². The Balaban J connectivity index is 0. The summed E-state index contributed by atoms with van der Waals surface area (Å²) in [6.07, 6.45) is 0. The first kappa shape index (κ1) is 10.4. The molecule has 0 spiro atoms. The Labute approximate surface area is 93.5 Å². The van der Waals surface area contributed by atoms with Gasteiger partial charge in [-0.1, -0.05) is 0 Å². The van der Waals surface area contributed by atoms with Crippen molar-refractivity contribution in [2.24, 2.45) is 0 Å². The quantitative estimate of drug-likeness (QED) is 0.439. The maximum atomic E-state index is 10.5. The van der Waals surface area contributed by atoms with Crippen LogP contribution in [0.15, 0.2) is 0 Å². The molecule has 6 heavy (non-hydrogen) atoms. The van der Waals surface area contributed by atoms with Gasteiger partial charge in [-0.05, 0) is 0 Å². The smallest absolute Gasteiger partial charge is 0.547 e. The van der Waals surface area contributed by atoms with Gasteiger partial charge in [-0.3, -0.25) is 0 Å². The second-order valence-corrected chi connectivity index (χ2v) is 0.506. The topological polar surface area (TPSA) is 40.1 Å². The van der Waals surface area contributed by atoms with E-state index in [4.69, 9.17) is 9.90 Å². The van der Waals surface area contributed by atoms with E-state index in [1.165, 1.54) is 0 Å². The van der Waals surface area contributed by atoms with Crippen LogP contribution in [0.3, 0.4) is 0 Å². The van der Waals surface area contributed by atoms with Crippen LogP contribution >= 0.6 is 0 Å². The predicted octanol–water partition coefficient (Wildman–Crippen LogP) is -4.29. The summed E-state index contributed by atoms with van der Waals surface area (Å²) in [4.78, 5) is 8.88. The SMILES string of the molecule is O=C([O-])CF.[Cs+]. The van der Waals surface area contributed by atoms with E-state index in [0.29, 0.717) is 0 Å². The molecule has 0 aliphatic rings. The van der Waals surface area contributed by atoms with Crippen molar-refractivity contribution in [3.05, 3.63) is 0 Å². The van der Waals surface area contributed by atoms with Crippen molar-refractivity contribution in [2.75, 3.05) is 6.67 Å². The van der Waals surface area contributed by atoms with E-state index < -0.39 is 12.6 Å². The Hall–Kier alpha value is 1.45. The fourth-order valence-corrected chi connectivity index (χ4v) is 0. The summed E-state index contributed by atoms with van der Waals surface area (Å²) in [5, 5.41) is 8.88. The van der Waals surface area contributed by atoms with Crippen LogP contribution in [0, 0.1) is 0 Å². The number of alkyl halides is 1. The Morgan fingerprint density at radius 1 is 1.83 bits per heavy atom. The molecule has 0 amide bonds. The molecule has 0 aromatic carbocycles. The number of carbonyl (C=O) groups excluding carboxylic acids is 1. The van der Waals surface area contributed by atoms with Gasteiger partial charge in [-0.15, -0.1) is 0 Å². The van der Waals surface area contributed by atoms with E-state index in [1.807, 2.05) is 0 Å². The number of carboxylic acid groups (broad SMARTS) is 1. The maximum Gasteiger partial charge on any atom is 1.00 e. The van der Waals surface area contributed by atoms with Gasteiger partial charge in [0.25, 0.3) is 0 Å². The Morgan fingerprint density at radius 2 is 2.00 bits per heavy atom. The molecule has 0 rings (SSSR count). The molecule has 0 N–H and O–H groups in total. The summed E-state index contributed by atoms with van der Waals surface area (Å²) in [5.41, 5.74) is 0. The molecule has 30 valence electrons. The van der Waals surface area contributed by atoms with Crippen LogP contribution in [0.1, 0.15) is 0 Å². The normalized spacial score (nSPS) is 6.17. The zero-order valence-corrected chi connectivity index (χ0v) is 9.68.